The summed E-state index contributed by atoms with van der Waals surface area (Å²) in [4.78, 5) is 3.04. The van der Waals surface area contributed by atoms with Crippen LogP contribution < -0.4 is 0 Å². The van der Waals surface area contributed by atoms with E-state index in [-0.39, 0.29) is 12.6 Å². The van der Waals surface area contributed by atoms with Crippen molar-refractivity contribution in [2.24, 2.45) is 0 Å². The molecule has 20 heavy (non-hydrogen) atoms. The molecule has 0 amide bonds. The minimum absolute atomic E-state index is 0.0436. The Balaban J connectivity index is 2.27. The molecule has 0 bridgehead atoms. The summed E-state index contributed by atoms with van der Waals surface area (Å²) in [6.07, 6.45) is 1.70. The van der Waals surface area contributed by atoms with Crippen molar-refractivity contribution in [1.82, 2.24) is 9.21 Å². The quantitative estimate of drug-likeness (QED) is 0.908. The molecule has 1 aromatic rings. The molecule has 5 nitrogen and oxygen atoms in total. The Morgan fingerprint density at radius 3 is 2.60 bits per heavy atom. The molecule has 1 aromatic heterocycles. The van der Waals surface area contributed by atoms with Gasteiger partial charge >= 0.3 is 0 Å². The third kappa shape index (κ3) is 2.92. The largest absolute Gasteiger partial charge is 0.391 e. The molecule has 1 aliphatic rings. The Bertz CT molecular complexity index is 560. The minimum atomic E-state index is -3.52. The summed E-state index contributed by atoms with van der Waals surface area (Å²) in [6.45, 7) is 3.39. The van der Waals surface area contributed by atoms with Gasteiger partial charge in [-0.2, -0.15) is 4.31 Å². The van der Waals surface area contributed by atoms with Crippen LogP contribution in [0.3, 0.4) is 0 Å². The Morgan fingerprint density at radius 1 is 1.45 bits per heavy atom. The molecule has 1 fully saturated rings. The van der Waals surface area contributed by atoms with Gasteiger partial charge in [0.25, 0.3) is 0 Å². The van der Waals surface area contributed by atoms with Crippen LogP contribution in [-0.4, -0.2) is 56.0 Å². The molecular formula is C13H22N2O3S2. The lowest BCUT2D eigenvalue weighted by molar-refractivity contribution is 0.197. The highest BCUT2D eigenvalue weighted by molar-refractivity contribution is 7.89. The molecule has 1 N–H and O–H groups in total. The maximum Gasteiger partial charge on any atom is 0.244 e. The fourth-order valence-electron chi connectivity index (χ4n) is 2.64. The SMILES string of the molecule is Cc1csc(CO)c1S(=O)(=O)N(C)C1CCN(C)CC1. The summed E-state index contributed by atoms with van der Waals surface area (Å²) in [5.74, 6) is 0. The number of rotatable bonds is 4. The van der Waals surface area contributed by atoms with Gasteiger partial charge < -0.3 is 10.0 Å². The first-order valence-electron chi connectivity index (χ1n) is 6.72. The van der Waals surface area contributed by atoms with E-state index < -0.39 is 10.0 Å². The summed E-state index contributed by atoms with van der Waals surface area (Å²) in [6, 6.07) is 0.0436. The summed E-state index contributed by atoms with van der Waals surface area (Å²) in [5.41, 5.74) is 0.721. The molecule has 0 aromatic carbocycles. The first-order valence-corrected chi connectivity index (χ1v) is 9.04. The van der Waals surface area contributed by atoms with Crippen molar-refractivity contribution in [2.45, 2.75) is 37.3 Å². The number of piperidine rings is 1. The van der Waals surface area contributed by atoms with Crippen LogP contribution in [0.25, 0.3) is 0 Å². The van der Waals surface area contributed by atoms with Gasteiger partial charge in [-0.25, -0.2) is 8.42 Å². The van der Waals surface area contributed by atoms with Crippen molar-refractivity contribution in [3.05, 3.63) is 15.8 Å². The van der Waals surface area contributed by atoms with Gasteiger partial charge in [0, 0.05) is 13.1 Å². The van der Waals surface area contributed by atoms with Crippen molar-refractivity contribution < 1.29 is 13.5 Å². The van der Waals surface area contributed by atoms with E-state index in [1.807, 2.05) is 0 Å². The van der Waals surface area contributed by atoms with Crippen molar-refractivity contribution in [2.75, 3.05) is 27.2 Å². The number of nitrogens with zero attached hydrogens (tertiary/aromatic N) is 2. The Hall–Kier alpha value is -0.470. The van der Waals surface area contributed by atoms with E-state index in [4.69, 9.17) is 0 Å². The van der Waals surface area contributed by atoms with E-state index in [0.717, 1.165) is 31.5 Å². The van der Waals surface area contributed by atoms with E-state index >= 15 is 0 Å². The van der Waals surface area contributed by atoms with Crippen LogP contribution in [0.15, 0.2) is 10.3 Å². The summed E-state index contributed by atoms with van der Waals surface area (Å²) in [5, 5.41) is 11.1. The predicted octanol–water partition coefficient (Wildman–Crippen LogP) is 1.26. The topological polar surface area (TPSA) is 60.9 Å². The van der Waals surface area contributed by atoms with Gasteiger partial charge in [-0.3, -0.25) is 0 Å². The van der Waals surface area contributed by atoms with Crippen LogP contribution in [0.4, 0.5) is 0 Å². The number of thiophene rings is 1. The zero-order valence-electron chi connectivity index (χ0n) is 12.2. The standard InChI is InChI=1S/C13H22N2O3S2/c1-10-9-19-12(8-16)13(10)20(17,18)15(3)11-4-6-14(2)7-5-11/h9,11,16H,4-8H2,1-3H3. The van der Waals surface area contributed by atoms with Crippen molar-refractivity contribution >= 4 is 21.4 Å². The van der Waals surface area contributed by atoms with E-state index in [2.05, 4.69) is 11.9 Å². The van der Waals surface area contributed by atoms with Crippen molar-refractivity contribution in [1.29, 1.82) is 0 Å². The second-order valence-corrected chi connectivity index (χ2v) is 8.28. The molecule has 0 radical (unpaired) electrons. The molecule has 2 heterocycles. The maximum absolute atomic E-state index is 12.8. The first kappa shape index (κ1) is 15.9. The van der Waals surface area contributed by atoms with Gasteiger partial charge in [0.2, 0.25) is 10.0 Å². The van der Waals surface area contributed by atoms with Crippen LogP contribution in [0.5, 0.6) is 0 Å². The lowest BCUT2D eigenvalue weighted by Gasteiger charge is -2.34. The number of aryl methyl sites for hydroxylation is 1. The lowest BCUT2D eigenvalue weighted by atomic mass is 10.1. The number of hydrogen-bond acceptors (Lipinski definition) is 5. The lowest BCUT2D eigenvalue weighted by Crippen LogP contribution is -2.44. The molecule has 0 aliphatic carbocycles. The second kappa shape index (κ2) is 6.11. The number of aliphatic hydroxyl groups is 1. The third-order valence-electron chi connectivity index (χ3n) is 3.97. The smallest absolute Gasteiger partial charge is 0.244 e. The number of aliphatic hydroxyl groups excluding tert-OH is 1. The Labute approximate surface area is 124 Å². The Morgan fingerprint density at radius 2 is 2.05 bits per heavy atom. The molecule has 1 aliphatic heterocycles. The summed E-state index contributed by atoms with van der Waals surface area (Å²) >= 11 is 1.30. The van der Waals surface area contributed by atoms with Gasteiger partial charge in [-0.05, 0) is 50.8 Å². The second-order valence-electron chi connectivity index (χ2n) is 5.38. The monoisotopic (exact) mass is 318 g/mol. The predicted molar refractivity (Wildman–Crippen MR) is 80.4 cm³/mol. The molecule has 0 unspecified atom stereocenters. The van der Waals surface area contributed by atoms with Crippen LogP contribution >= 0.6 is 11.3 Å². The van der Waals surface area contributed by atoms with Gasteiger partial charge in [-0.1, -0.05) is 0 Å². The average Bonchev–Trinajstić information content (AvgIpc) is 2.80. The highest BCUT2D eigenvalue weighted by atomic mass is 32.2. The average molecular weight is 318 g/mol. The van der Waals surface area contributed by atoms with Crippen molar-refractivity contribution in [3.63, 3.8) is 0 Å². The van der Waals surface area contributed by atoms with E-state index in [1.54, 1.807) is 19.4 Å². The fourth-order valence-corrected chi connectivity index (χ4v) is 5.67. The van der Waals surface area contributed by atoms with Gasteiger partial charge in [0.15, 0.2) is 0 Å². The molecule has 7 heteroatoms. The Kier molecular flexibility index (Phi) is 4.86. The minimum Gasteiger partial charge on any atom is -0.391 e. The van der Waals surface area contributed by atoms with Crippen LogP contribution in [0.2, 0.25) is 0 Å². The van der Waals surface area contributed by atoms with Crippen LogP contribution in [0, 0.1) is 6.92 Å². The van der Waals surface area contributed by atoms with Gasteiger partial charge in [-0.15, -0.1) is 11.3 Å². The summed E-state index contributed by atoms with van der Waals surface area (Å²) in [7, 11) is 0.189. The van der Waals surface area contributed by atoms with Crippen molar-refractivity contribution in [3.8, 4) is 0 Å². The molecule has 114 valence electrons. The summed E-state index contributed by atoms with van der Waals surface area (Å²) < 4.78 is 27.1. The number of likely N-dealkylation sites (tertiary alicyclic amines) is 1. The normalized spacial score (nSPS) is 18.9. The highest BCUT2D eigenvalue weighted by Gasteiger charge is 2.33. The fraction of sp³-hybridized carbons (Fsp3) is 0.692. The maximum atomic E-state index is 12.8. The van der Waals surface area contributed by atoms with E-state index in [9.17, 15) is 13.5 Å². The zero-order valence-corrected chi connectivity index (χ0v) is 13.8. The number of sulfonamides is 1. The van der Waals surface area contributed by atoms with E-state index in [0.29, 0.717) is 9.77 Å². The first-order chi connectivity index (χ1) is 9.37. The van der Waals surface area contributed by atoms with E-state index in [1.165, 1.54) is 15.6 Å². The molecule has 0 saturated carbocycles. The van der Waals surface area contributed by atoms with Gasteiger partial charge in [0.1, 0.15) is 4.90 Å². The van der Waals surface area contributed by atoms with Gasteiger partial charge in [0.05, 0.1) is 11.5 Å². The highest BCUT2D eigenvalue weighted by Crippen LogP contribution is 2.31. The molecular weight excluding hydrogens is 296 g/mol. The number of hydrogen-bond donors (Lipinski definition) is 1. The van der Waals surface area contributed by atoms with Crippen LogP contribution in [0.1, 0.15) is 23.3 Å². The molecule has 0 atom stereocenters. The zero-order chi connectivity index (χ0) is 14.9. The molecule has 2 rings (SSSR count). The third-order valence-corrected chi connectivity index (χ3v) is 7.33. The molecule has 0 spiro atoms. The molecule has 1 saturated heterocycles. The van der Waals surface area contributed by atoms with Crippen LogP contribution in [-0.2, 0) is 16.6 Å².